The predicted octanol–water partition coefficient (Wildman–Crippen LogP) is 1.37. The molecule has 0 spiro atoms. The number of anilines is 1. The van der Waals surface area contributed by atoms with E-state index in [0.29, 0.717) is 5.92 Å². The zero-order chi connectivity index (χ0) is 13.4. The molecular weight excluding hydrogens is 240 g/mol. The highest BCUT2D eigenvalue weighted by molar-refractivity contribution is 5.94. The van der Waals surface area contributed by atoms with Gasteiger partial charge >= 0.3 is 0 Å². The second kappa shape index (κ2) is 4.66. The topological polar surface area (TPSA) is 59.0 Å². The van der Waals surface area contributed by atoms with Crippen LogP contribution in [0.5, 0.6) is 0 Å². The Bertz CT molecular complexity index is 615. The third-order valence-electron chi connectivity index (χ3n) is 3.93. The average Bonchev–Trinajstić information content (AvgIpc) is 2.68. The van der Waals surface area contributed by atoms with Crippen LogP contribution in [0, 0.1) is 11.8 Å². The highest BCUT2D eigenvalue weighted by atomic mass is 16.1. The largest absolute Gasteiger partial charge is 0.334 e. The number of nitrogens with one attached hydrogen (secondary N) is 2. The SMILES string of the molecule is CC(C(=O)Nc1ccc2c(c1)ncn2C)C1CNC1. The summed E-state index contributed by atoms with van der Waals surface area (Å²) in [5.41, 5.74) is 2.78. The van der Waals surface area contributed by atoms with Gasteiger partial charge in [0, 0.05) is 18.7 Å². The summed E-state index contributed by atoms with van der Waals surface area (Å²) in [5.74, 6) is 0.584. The minimum atomic E-state index is 0.0423. The van der Waals surface area contributed by atoms with Crippen LogP contribution in [0.25, 0.3) is 11.0 Å². The van der Waals surface area contributed by atoms with Gasteiger partial charge in [0.05, 0.1) is 17.4 Å². The standard InChI is InChI=1S/C14H18N4O/c1-9(10-6-15-7-10)14(19)17-11-3-4-13-12(5-11)16-8-18(13)2/h3-5,8-10,15H,6-7H2,1-2H3,(H,17,19). The molecule has 1 aromatic carbocycles. The molecule has 2 N–H and O–H groups in total. The number of rotatable bonds is 3. The van der Waals surface area contributed by atoms with Crippen molar-refractivity contribution >= 4 is 22.6 Å². The number of aryl methyl sites for hydroxylation is 1. The van der Waals surface area contributed by atoms with Crippen LogP contribution in [-0.4, -0.2) is 28.5 Å². The summed E-state index contributed by atoms with van der Waals surface area (Å²) < 4.78 is 1.96. The van der Waals surface area contributed by atoms with E-state index in [1.54, 1.807) is 6.33 Å². The van der Waals surface area contributed by atoms with Crippen molar-refractivity contribution in [2.24, 2.45) is 18.9 Å². The van der Waals surface area contributed by atoms with Crippen LogP contribution in [-0.2, 0) is 11.8 Å². The van der Waals surface area contributed by atoms with Gasteiger partial charge in [-0.15, -0.1) is 0 Å². The van der Waals surface area contributed by atoms with Gasteiger partial charge in [-0.05, 0) is 37.2 Å². The Kier molecular flexibility index (Phi) is 2.98. The molecule has 1 aromatic heterocycles. The molecule has 1 amide bonds. The number of benzene rings is 1. The van der Waals surface area contributed by atoms with E-state index in [4.69, 9.17) is 0 Å². The fourth-order valence-corrected chi connectivity index (χ4v) is 2.35. The smallest absolute Gasteiger partial charge is 0.227 e. The first-order chi connectivity index (χ1) is 9.15. The highest BCUT2D eigenvalue weighted by Gasteiger charge is 2.28. The molecule has 5 nitrogen and oxygen atoms in total. The van der Waals surface area contributed by atoms with E-state index in [1.165, 1.54) is 0 Å². The van der Waals surface area contributed by atoms with Crippen molar-refractivity contribution in [1.82, 2.24) is 14.9 Å². The summed E-state index contributed by atoms with van der Waals surface area (Å²) in [7, 11) is 1.96. The van der Waals surface area contributed by atoms with Gasteiger partial charge in [-0.2, -0.15) is 0 Å². The van der Waals surface area contributed by atoms with E-state index in [9.17, 15) is 4.79 Å². The number of amides is 1. The van der Waals surface area contributed by atoms with Crippen molar-refractivity contribution in [3.05, 3.63) is 24.5 Å². The van der Waals surface area contributed by atoms with Crippen molar-refractivity contribution in [3.63, 3.8) is 0 Å². The van der Waals surface area contributed by atoms with E-state index >= 15 is 0 Å². The molecule has 1 aliphatic heterocycles. The molecule has 19 heavy (non-hydrogen) atoms. The molecule has 0 radical (unpaired) electrons. The lowest BCUT2D eigenvalue weighted by Crippen LogP contribution is -2.48. The number of aromatic nitrogens is 2. The second-order valence-electron chi connectivity index (χ2n) is 5.26. The Labute approximate surface area is 112 Å². The summed E-state index contributed by atoms with van der Waals surface area (Å²) in [6, 6.07) is 5.82. The van der Waals surface area contributed by atoms with Crippen LogP contribution in [0.15, 0.2) is 24.5 Å². The molecule has 1 unspecified atom stereocenters. The molecule has 0 bridgehead atoms. The first-order valence-electron chi connectivity index (χ1n) is 6.58. The molecular formula is C14H18N4O. The zero-order valence-corrected chi connectivity index (χ0v) is 11.2. The van der Waals surface area contributed by atoms with Crippen LogP contribution in [0.3, 0.4) is 0 Å². The maximum absolute atomic E-state index is 12.1. The molecule has 1 atom stereocenters. The van der Waals surface area contributed by atoms with E-state index in [0.717, 1.165) is 29.8 Å². The number of carbonyl (C=O) groups is 1. The normalized spacial score (nSPS) is 17.2. The number of hydrogen-bond donors (Lipinski definition) is 2. The number of carbonyl (C=O) groups excluding carboxylic acids is 1. The average molecular weight is 258 g/mol. The molecule has 2 aromatic rings. The lowest BCUT2D eigenvalue weighted by Gasteiger charge is -2.31. The minimum absolute atomic E-state index is 0.0423. The van der Waals surface area contributed by atoms with Crippen molar-refractivity contribution in [1.29, 1.82) is 0 Å². The Morgan fingerprint density at radius 1 is 1.53 bits per heavy atom. The van der Waals surface area contributed by atoms with Gasteiger partial charge in [-0.25, -0.2) is 4.98 Å². The van der Waals surface area contributed by atoms with Crippen molar-refractivity contribution in [2.75, 3.05) is 18.4 Å². The number of hydrogen-bond acceptors (Lipinski definition) is 3. The number of imidazole rings is 1. The van der Waals surface area contributed by atoms with Crippen LogP contribution < -0.4 is 10.6 Å². The minimum Gasteiger partial charge on any atom is -0.334 e. The molecule has 1 aliphatic rings. The van der Waals surface area contributed by atoms with Crippen LogP contribution in [0.2, 0.25) is 0 Å². The lowest BCUT2D eigenvalue weighted by molar-refractivity contribution is -0.121. The molecule has 1 fully saturated rings. The summed E-state index contributed by atoms with van der Waals surface area (Å²) in [6.07, 6.45) is 1.78. The Balaban J connectivity index is 1.75. The fraction of sp³-hybridized carbons (Fsp3) is 0.429. The third-order valence-corrected chi connectivity index (χ3v) is 3.93. The molecule has 1 saturated heterocycles. The van der Waals surface area contributed by atoms with Gasteiger partial charge in [0.2, 0.25) is 5.91 Å². The van der Waals surface area contributed by atoms with E-state index in [1.807, 2.05) is 36.7 Å². The second-order valence-corrected chi connectivity index (χ2v) is 5.26. The highest BCUT2D eigenvalue weighted by Crippen LogP contribution is 2.21. The summed E-state index contributed by atoms with van der Waals surface area (Å²) in [6.45, 7) is 3.86. The molecule has 3 rings (SSSR count). The zero-order valence-electron chi connectivity index (χ0n) is 11.2. The third kappa shape index (κ3) is 2.21. The molecule has 2 heterocycles. The Morgan fingerprint density at radius 2 is 2.32 bits per heavy atom. The van der Waals surface area contributed by atoms with Gasteiger partial charge in [0.15, 0.2) is 0 Å². The van der Waals surface area contributed by atoms with Gasteiger partial charge < -0.3 is 15.2 Å². The first kappa shape index (κ1) is 12.2. The first-order valence-corrected chi connectivity index (χ1v) is 6.58. The Hall–Kier alpha value is -1.88. The van der Waals surface area contributed by atoms with Gasteiger partial charge in [-0.1, -0.05) is 6.92 Å². The maximum atomic E-state index is 12.1. The van der Waals surface area contributed by atoms with Crippen molar-refractivity contribution < 1.29 is 4.79 Å². The summed E-state index contributed by atoms with van der Waals surface area (Å²) in [4.78, 5) is 16.4. The van der Waals surface area contributed by atoms with Crippen LogP contribution in [0.4, 0.5) is 5.69 Å². The van der Waals surface area contributed by atoms with Gasteiger partial charge in [0.1, 0.15) is 0 Å². The van der Waals surface area contributed by atoms with Gasteiger partial charge in [0.25, 0.3) is 0 Å². The molecule has 100 valence electrons. The lowest BCUT2D eigenvalue weighted by atomic mass is 9.88. The van der Waals surface area contributed by atoms with Crippen LogP contribution >= 0.6 is 0 Å². The monoisotopic (exact) mass is 258 g/mol. The Morgan fingerprint density at radius 3 is 3.00 bits per heavy atom. The van der Waals surface area contributed by atoms with Crippen molar-refractivity contribution in [3.8, 4) is 0 Å². The van der Waals surface area contributed by atoms with E-state index in [2.05, 4.69) is 15.6 Å². The maximum Gasteiger partial charge on any atom is 0.227 e. The molecule has 0 saturated carbocycles. The van der Waals surface area contributed by atoms with E-state index < -0.39 is 0 Å². The number of nitrogens with zero attached hydrogens (tertiary/aromatic N) is 2. The predicted molar refractivity (Wildman–Crippen MR) is 74.9 cm³/mol. The fourth-order valence-electron chi connectivity index (χ4n) is 2.35. The molecule has 0 aliphatic carbocycles. The summed E-state index contributed by atoms with van der Waals surface area (Å²) >= 11 is 0. The summed E-state index contributed by atoms with van der Waals surface area (Å²) in [5, 5.41) is 6.17. The van der Waals surface area contributed by atoms with E-state index in [-0.39, 0.29) is 11.8 Å². The molecule has 5 heteroatoms. The van der Waals surface area contributed by atoms with Gasteiger partial charge in [-0.3, -0.25) is 4.79 Å². The number of fused-ring (bicyclic) bond motifs is 1. The van der Waals surface area contributed by atoms with Crippen LogP contribution in [0.1, 0.15) is 6.92 Å². The van der Waals surface area contributed by atoms with Crippen molar-refractivity contribution in [2.45, 2.75) is 6.92 Å². The quantitative estimate of drug-likeness (QED) is 0.874.